The number of carbonyl (C=O) groups excluding carboxylic acids is 2. The predicted octanol–water partition coefficient (Wildman–Crippen LogP) is 3.65. The van der Waals surface area contributed by atoms with E-state index in [1.54, 1.807) is 25.3 Å². The van der Waals surface area contributed by atoms with Gasteiger partial charge in [-0.2, -0.15) is 0 Å². The average Bonchev–Trinajstić information content (AvgIpc) is 2.73. The lowest BCUT2D eigenvalue weighted by molar-refractivity contribution is -0.161. The van der Waals surface area contributed by atoms with E-state index >= 15 is 0 Å². The number of nitrogens with one attached hydrogen (secondary N) is 1. The summed E-state index contributed by atoms with van der Waals surface area (Å²) in [5.41, 5.74) is 2.13. The van der Waals surface area contributed by atoms with Crippen molar-refractivity contribution in [3.8, 4) is 5.75 Å². The lowest BCUT2D eigenvalue weighted by atomic mass is 10.0. The summed E-state index contributed by atoms with van der Waals surface area (Å²) in [6, 6.07) is 14.5. The summed E-state index contributed by atoms with van der Waals surface area (Å²) >= 11 is 0. The number of hydrogen-bond donors (Lipinski definition) is 1. The fourth-order valence-electron chi connectivity index (χ4n) is 3.16. The molecule has 6 nitrogen and oxygen atoms in total. The first-order valence-electron chi connectivity index (χ1n) is 9.37. The summed E-state index contributed by atoms with van der Waals surface area (Å²) in [6.45, 7) is 2.99. The topological polar surface area (TPSA) is 73.9 Å². The quantitative estimate of drug-likeness (QED) is 0.771. The summed E-state index contributed by atoms with van der Waals surface area (Å²) < 4.78 is 16.3. The maximum atomic E-state index is 13.0. The van der Waals surface area contributed by atoms with Crippen LogP contribution in [0.4, 0.5) is 5.69 Å². The molecule has 1 amide bonds. The number of methoxy groups -OCH3 is 1. The molecule has 1 aliphatic rings. The van der Waals surface area contributed by atoms with Gasteiger partial charge in [0.25, 0.3) is 5.91 Å². The van der Waals surface area contributed by atoms with E-state index in [2.05, 4.69) is 5.32 Å². The molecule has 0 saturated carbocycles. The zero-order valence-electron chi connectivity index (χ0n) is 16.1. The number of benzene rings is 2. The number of anilines is 1. The Morgan fingerprint density at radius 2 is 1.82 bits per heavy atom. The smallest absolute Gasteiger partial charge is 0.310 e. The molecule has 0 aliphatic carbocycles. The van der Waals surface area contributed by atoms with Crippen molar-refractivity contribution in [2.24, 2.45) is 5.92 Å². The van der Waals surface area contributed by atoms with Crippen LogP contribution < -0.4 is 10.1 Å². The Kier molecular flexibility index (Phi) is 6.66. The molecule has 2 aromatic rings. The lowest BCUT2D eigenvalue weighted by Crippen LogP contribution is -2.31. The van der Waals surface area contributed by atoms with E-state index < -0.39 is 12.0 Å². The molecule has 0 radical (unpaired) electrons. The second-order valence-electron chi connectivity index (χ2n) is 6.81. The predicted molar refractivity (Wildman–Crippen MR) is 105 cm³/mol. The molecule has 2 aromatic carbocycles. The lowest BCUT2D eigenvalue weighted by Gasteiger charge is -2.24. The van der Waals surface area contributed by atoms with E-state index in [0.717, 1.165) is 5.56 Å². The van der Waals surface area contributed by atoms with Gasteiger partial charge in [0.05, 0.1) is 18.7 Å². The van der Waals surface area contributed by atoms with Crippen LogP contribution in [0, 0.1) is 12.8 Å². The molecule has 1 N–H and O–H groups in total. The second kappa shape index (κ2) is 9.37. The van der Waals surface area contributed by atoms with Crippen LogP contribution in [0.1, 0.15) is 30.1 Å². The van der Waals surface area contributed by atoms with E-state index in [9.17, 15) is 9.59 Å². The highest BCUT2D eigenvalue weighted by Crippen LogP contribution is 2.29. The molecule has 28 heavy (non-hydrogen) atoms. The van der Waals surface area contributed by atoms with Crippen molar-refractivity contribution in [1.29, 1.82) is 0 Å². The molecule has 1 saturated heterocycles. The van der Waals surface area contributed by atoms with Crippen LogP contribution >= 0.6 is 0 Å². The number of esters is 1. The Morgan fingerprint density at radius 1 is 1.11 bits per heavy atom. The fraction of sp³-hybridized carbons (Fsp3) is 0.364. The number of hydrogen-bond acceptors (Lipinski definition) is 5. The zero-order valence-corrected chi connectivity index (χ0v) is 16.1. The van der Waals surface area contributed by atoms with Crippen LogP contribution in [0.15, 0.2) is 48.5 Å². The first-order valence-corrected chi connectivity index (χ1v) is 9.37. The summed E-state index contributed by atoms with van der Waals surface area (Å²) in [6.07, 6.45) is 0.170. The van der Waals surface area contributed by atoms with Crippen LogP contribution in [0.3, 0.4) is 0 Å². The highest BCUT2D eigenvalue weighted by atomic mass is 16.5. The van der Waals surface area contributed by atoms with Gasteiger partial charge in [0.15, 0.2) is 0 Å². The van der Waals surface area contributed by atoms with Crippen molar-refractivity contribution in [1.82, 2.24) is 0 Å². The average molecular weight is 383 g/mol. The Labute approximate surface area is 164 Å². The fourth-order valence-corrected chi connectivity index (χ4v) is 3.16. The van der Waals surface area contributed by atoms with Crippen molar-refractivity contribution < 1.29 is 23.8 Å². The first-order chi connectivity index (χ1) is 13.6. The third kappa shape index (κ3) is 4.89. The minimum absolute atomic E-state index is 0.249. The highest BCUT2D eigenvalue weighted by Gasteiger charge is 2.30. The van der Waals surface area contributed by atoms with Crippen LogP contribution in [-0.4, -0.2) is 32.2 Å². The molecule has 1 heterocycles. The standard InChI is InChI=1S/C22H25NO5/c1-15-8-9-19(26-2)18(14-15)23-21(24)20(16-6-4-3-5-7-16)28-22(25)17-10-12-27-13-11-17/h3-9,14,17,20H,10-13H2,1-2H3,(H,23,24). The van der Waals surface area contributed by atoms with Crippen molar-refractivity contribution >= 4 is 17.6 Å². The van der Waals surface area contributed by atoms with Gasteiger partial charge >= 0.3 is 5.97 Å². The summed E-state index contributed by atoms with van der Waals surface area (Å²) in [5.74, 6) is -0.498. The van der Waals surface area contributed by atoms with Gasteiger partial charge in [-0.15, -0.1) is 0 Å². The molecule has 0 spiro atoms. The van der Waals surface area contributed by atoms with Crippen LogP contribution in [-0.2, 0) is 19.1 Å². The number of carbonyl (C=O) groups is 2. The molecule has 1 aliphatic heterocycles. The number of amides is 1. The molecular formula is C22H25NO5. The molecule has 1 atom stereocenters. The number of rotatable bonds is 6. The zero-order chi connectivity index (χ0) is 19.9. The van der Waals surface area contributed by atoms with E-state index in [4.69, 9.17) is 14.2 Å². The summed E-state index contributed by atoms with van der Waals surface area (Å²) in [4.78, 5) is 25.7. The Balaban J connectivity index is 1.81. The van der Waals surface area contributed by atoms with Gasteiger partial charge in [0, 0.05) is 18.8 Å². The van der Waals surface area contributed by atoms with Gasteiger partial charge in [-0.05, 0) is 37.5 Å². The van der Waals surface area contributed by atoms with Crippen LogP contribution in [0.5, 0.6) is 5.75 Å². The Morgan fingerprint density at radius 3 is 2.50 bits per heavy atom. The van der Waals surface area contributed by atoms with Gasteiger partial charge in [0.2, 0.25) is 6.10 Å². The second-order valence-corrected chi connectivity index (χ2v) is 6.81. The van der Waals surface area contributed by atoms with Crippen molar-refractivity contribution in [3.63, 3.8) is 0 Å². The third-order valence-electron chi connectivity index (χ3n) is 4.74. The summed E-state index contributed by atoms with van der Waals surface area (Å²) in [7, 11) is 1.54. The van der Waals surface area contributed by atoms with E-state index in [1.165, 1.54) is 0 Å². The van der Waals surface area contributed by atoms with Gasteiger partial charge in [-0.3, -0.25) is 9.59 Å². The normalized spacial score (nSPS) is 15.5. The van der Waals surface area contributed by atoms with Gasteiger partial charge in [0.1, 0.15) is 5.75 Å². The number of ether oxygens (including phenoxy) is 3. The van der Waals surface area contributed by atoms with E-state index in [-0.39, 0.29) is 11.9 Å². The number of aryl methyl sites for hydroxylation is 1. The summed E-state index contributed by atoms with van der Waals surface area (Å²) in [5, 5.41) is 2.84. The molecular weight excluding hydrogens is 358 g/mol. The van der Waals surface area contributed by atoms with Gasteiger partial charge in [-0.25, -0.2) is 0 Å². The molecule has 0 aromatic heterocycles. The molecule has 1 fully saturated rings. The van der Waals surface area contributed by atoms with Crippen LogP contribution in [0.25, 0.3) is 0 Å². The van der Waals surface area contributed by atoms with Crippen molar-refractivity contribution in [2.45, 2.75) is 25.9 Å². The monoisotopic (exact) mass is 383 g/mol. The minimum Gasteiger partial charge on any atom is -0.495 e. The third-order valence-corrected chi connectivity index (χ3v) is 4.74. The molecule has 3 rings (SSSR count). The van der Waals surface area contributed by atoms with Crippen molar-refractivity contribution in [2.75, 3.05) is 25.6 Å². The molecule has 6 heteroatoms. The van der Waals surface area contributed by atoms with E-state index in [0.29, 0.717) is 43.1 Å². The molecule has 148 valence electrons. The van der Waals surface area contributed by atoms with Gasteiger partial charge in [-0.1, -0.05) is 36.4 Å². The minimum atomic E-state index is -1.04. The maximum absolute atomic E-state index is 13.0. The largest absolute Gasteiger partial charge is 0.495 e. The highest BCUT2D eigenvalue weighted by molar-refractivity contribution is 5.97. The first kappa shape index (κ1) is 19.9. The Hall–Kier alpha value is -2.86. The van der Waals surface area contributed by atoms with Crippen molar-refractivity contribution in [3.05, 3.63) is 59.7 Å². The Bertz CT molecular complexity index is 815. The molecule has 0 bridgehead atoms. The van der Waals surface area contributed by atoms with E-state index in [1.807, 2.05) is 37.3 Å². The molecule has 1 unspecified atom stereocenters. The van der Waals surface area contributed by atoms with Crippen LogP contribution in [0.2, 0.25) is 0 Å². The SMILES string of the molecule is COc1ccc(C)cc1NC(=O)C(OC(=O)C1CCOCC1)c1ccccc1. The maximum Gasteiger partial charge on any atom is 0.310 e. The van der Waals surface area contributed by atoms with Gasteiger partial charge < -0.3 is 19.5 Å².